The first kappa shape index (κ1) is 17.8. The van der Waals surface area contributed by atoms with Crippen molar-refractivity contribution in [3.63, 3.8) is 0 Å². The SMILES string of the molecule is CCCCCC(C)NC(=O)C(O)C(O)c1nc2ccccc2s1. The molecule has 0 radical (unpaired) electrons. The maximum atomic E-state index is 12.1. The third kappa shape index (κ3) is 4.73. The molecule has 0 spiro atoms. The van der Waals surface area contributed by atoms with E-state index >= 15 is 0 Å². The van der Waals surface area contributed by atoms with Crippen LogP contribution in [0.15, 0.2) is 24.3 Å². The molecule has 3 N–H and O–H groups in total. The van der Waals surface area contributed by atoms with Gasteiger partial charge in [-0.3, -0.25) is 4.79 Å². The van der Waals surface area contributed by atoms with Crippen LogP contribution in [0.3, 0.4) is 0 Å². The third-order valence-electron chi connectivity index (χ3n) is 3.76. The largest absolute Gasteiger partial charge is 0.383 e. The van der Waals surface area contributed by atoms with Crippen LogP contribution in [0.25, 0.3) is 10.2 Å². The van der Waals surface area contributed by atoms with Crippen molar-refractivity contribution >= 4 is 27.5 Å². The number of amides is 1. The summed E-state index contributed by atoms with van der Waals surface area (Å²) < 4.78 is 0.919. The Bertz CT molecular complexity index is 611. The van der Waals surface area contributed by atoms with Gasteiger partial charge in [0, 0.05) is 6.04 Å². The molecular formula is C17H24N2O3S. The molecule has 6 heteroatoms. The van der Waals surface area contributed by atoms with Gasteiger partial charge in [-0.25, -0.2) is 4.98 Å². The Labute approximate surface area is 140 Å². The molecule has 1 heterocycles. The lowest BCUT2D eigenvalue weighted by molar-refractivity contribution is -0.136. The molecule has 0 saturated heterocycles. The average molecular weight is 336 g/mol. The Morgan fingerprint density at radius 2 is 2.04 bits per heavy atom. The van der Waals surface area contributed by atoms with Crippen molar-refractivity contribution in [3.05, 3.63) is 29.3 Å². The van der Waals surface area contributed by atoms with Gasteiger partial charge in [0.1, 0.15) is 11.1 Å². The van der Waals surface area contributed by atoms with E-state index in [-0.39, 0.29) is 6.04 Å². The summed E-state index contributed by atoms with van der Waals surface area (Å²) in [5, 5.41) is 23.4. The van der Waals surface area contributed by atoms with Crippen LogP contribution in [0.1, 0.15) is 50.6 Å². The molecule has 23 heavy (non-hydrogen) atoms. The lowest BCUT2D eigenvalue weighted by Gasteiger charge is -2.19. The van der Waals surface area contributed by atoms with Crippen LogP contribution in [-0.2, 0) is 4.79 Å². The monoisotopic (exact) mass is 336 g/mol. The van der Waals surface area contributed by atoms with Gasteiger partial charge in [0.05, 0.1) is 10.2 Å². The topological polar surface area (TPSA) is 82.5 Å². The highest BCUT2D eigenvalue weighted by molar-refractivity contribution is 7.18. The van der Waals surface area contributed by atoms with Gasteiger partial charge in [0.2, 0.25) is 0 Å². The van der Waals surface area contributed by atoms with E-state index in [2.05, 4.69) is 17.2 Å². The highest BCUT2D eigenvalue weighted by Gasteiger charge is 2.28. The molecule has 1 aromatic heterocycles. The number of aliphatic hydroxyl groups is 2. The minimum absolute atomic E-state index is 0.0220. The lowest BCUT2D eigenvalue weighted by Crippen LogP contribution is -2.42. The molecule has 1 aromatic carbocycles. The van der Waals surface area contributed by atoms with Crippen molar-refractivity contribution in [2.75, 3.05) is 0 Å². The van der Waals surface area contributed by atoms with Gasteiger partial charge < -0.3 is 15.5 Å². The van der Waals surface area contributed by atoms with Crippen LogP contribution in [0.5, 0.6) is 0 Å². The van der Waals surface area contributed by atoms with Crippen LogP contribution in [0.2, 0.25) is 0 Å². The molecule has 0 fully saturated rings. The van der Waals surface area contributed by atoms with E-state index in [1.165, 1.54) is 11.3 Å². The molecule has 126 valence electrons. The Kier molecular flexibility index (Phi) is 6.50. The summed E-state index contributed by atoms with van der Waals surface area (Å²) in [4.78, 5) is 16.4. The van der Waals surface area contributed by atoms with Gasteiger partial charge >= 0.3 is 0 Å². The van der Waals surface area contributed by atoms with E-state index in [1.807, 2.05) is 31.2 Å². The highest BCUT2D eigenvalue weighted by atomic mass is 32.1. The van der Waals surface area contributed by atoms with Crippen molar-refractivity contribution in [1.29, 1.82) is 0 Å². The summed E-state index contributed by atoms with van der Waals surface area (Å²) in [7, 11) is 0. The number of para-hydroxylation sites is 1. The smallest absolute Gasteiger partial charge is 0.252 e. The van der Waals surface area contributed by atoms with Crippen LogP contribution in [0, 0.1) is 0 Å². The summed E-state index contributed by atoms with van der Waals surface area (Å²) in [6.45, 7) is 4.03. The zero-order chi connectivity index (χ0) is 16.8. The van der Waals surface area contributed by atoms with Crippen LogP contribution < -0.4 is 5.32 Å². The van der Waals surface area contributed by atoms with Gasteiger partial charge in [-0.2, -0.15) is 0 Å². The van der Waals surface area contributed by atoms with Gasteiger partial charge in [-0.15, -0.1) is 11.3 Å². The molecule has 2 aromatic rings. The van der Waals surface area contributed by atoms with Gasteiger partial charge in [0.25, 0.3) is 5.91 Å². The number of carbonyl (C=O) groups excluding carboxylic acids is 1. The highest BCUT2D eigenvalue weighted by Crippen LogP contribution is 2.28. The standard InChI is InChI=1S/C17H24N2O3S/c1-3-4-5-8-11(2)18-16(22)14(20)15(21)17-19-12-9-6-7-10-13(12)23-17/h6-7,9-11,14-15,20-21H,3-5,8H2,1-2H3,(H,18,22). The van der Waals surface area contributed by atoms with Crippen molar-refractivity contribution in [2.45, 2.75) is 57.8 Å². The molecule has 0 bridgehead atoms. The van der Waals surface area contributed by atoms with Crippen molar-refractivity contribution in [3.8, 4) is 0 Å². The number of nitrogens with one attached hydrogen (secondary N) is 1. The Morgan fingerprint density at radius 3 is 2.74 bits per heavy atom. The predicted octanol–water partition coefficient (Wildman–Crippen LogP) is 2.78. The number of carbonyl (C=O) groups is 1. The molecule has 0 aliphatic carbocycles. The second-order valence-electron chi connectivity index (χ2n) is 5.81. The number of aliphatic hydroxyl groups excluding tert-OH is 2. The van der Waals surface area contributed by atoms with E-state index in [4.69, 9.17) is 0 Å². The fraction of sp³-hybridized carbons (Fsp3) is 0.529. The zero-order valence-electron chi connectivity index (χ0n) is 13.5. The summed E-state index contributed by atoms with van der Waals surface area (Å²) >= 11 is 1.29. The first-order valence-electron chi connectivity index (χ1n) is 8.05. The minimum Gasteiger partial charge on any atom is -0.383 e. The number of thiazole rings is 1. The molecular weight excluding hydrogens is 312 g/mol. The van der Waals surface area contributed by atoms with Crippen LogP contribution >= 0.6 is 11.3 Å². The number of hydrogen-bond acceptors (Lipinski definition) is 5. The average Bonchev–Trinajstić information content (AvgIpc) is 2.97. The normalized spacial score (nSPS) is 15.3. The number of aromatic nitrogens is 1. The second kappa shape index (κ2) is 8.38. The number of unbranched alkanes of at least 4 members (excludes halogenated alkanes) is 2. The third-order valence-corrected chi connectivity index (χ3v) is 4.87. The van der Waals surface area contributed by atoms with E-state index in [9.17, 15) is 15.0 Å². The number of nitrogens with zero attached hydrogens (tertiary/aromatic N) is 1. The Hall–Kier alpha value is -1.50. The van der Waals surface area contributed by atoms with Gasteiger partial charge in [-0.05, 0) is 25.5 Å². The van der Waals surface area contributed by atoms with Gasteiger partial charge in [0.15, 0.2) is 6.10 Å². The maximum Gasteiger partial charge on any atom is 0.252 e. The van der Waals surface area contributed by atoms with Gasteiger partial charge in [-0.1, -0.05) is 38.3 Å². The molecule has 1 amide bonds. The molecule has 0 saturated carbocycles. The molecule has 5 nitrogen and oxygen atoms in total. The van der Waals surface area contributed by atoms with E-state index in [0.29, 0.717) is 5.01 Å². The molecule has 3 unspecified atom stereocenters. The first-order valence-corrected chi connectivity index (χ1v) is 8.86. The number of hydrogen-bond donors (Lipinski definition) is 3. The van der Waals surface area contributed by atoms with Crippen LogP contribution in [-0.4, -0.2) is 33.3 Å². The van der Waals surface area contributed by atoms with E-state index in [0.717, 1.165) is 35.9 Å². The summed E-state index contributed by atoms with van der Waals surface area (Å²) in [6.07, 6.45) is 1.33. The molecule has 0 aliphatic rings. The minimum atomic E-state index is -1.51. The fourth-order valence-corrected chi connectivity index (χ4v) is 3.38. The number of fused-ring (bicyclic) bond motifs is 1. The summed E-state index contributed by atoms with van der Waals surface area (Å²) in [6, 6.07) is 7.46. The quantitative estimate of drug-likeness (QED) is 0.647. The first-order chi connectivity index (χ1) is 11.0. The zero-order valence-corrected chi connectivity index (χ0v) is 14.3. The van der Waals surface area contributed by atoms with E-state index < -0.39 is 18.1 Å². The Morgan fingerprint density at radius 1 is 1.30 bits per heavy atom. The molecule has 3 atom stereocenters. The maximum absolute atomic E-state index is 12.1. The van der Waals surface area contributed by atoms with Crippen molar-refractivity contribution in [2.24, 2.45) is 0 Å². The lowest BCUT2D eigenvalue weighted by atomic mass is 10.1. The second-order valence-corrected chi connectivity index (χ2v) is 6.88. The fourth-order valence-electron chi connectivity index (χ4n) is 2.40. The summed E-state index contributed by atoms with van der Waals surface area (Å²) in [5.74, 6) is -0.555. The van der Waals surface area contributed by atoms with Crippen molar-refractivity contribution in [1.82, 2.24) is 10.3 Å². The molecule has 0 aliphatic heterocycles. The number of benzene rings is 1. The molecule has 2 rings (SSSR count). The number of rotatable bonds is 8. The van der Waals surface area contributed by atoms with E-state index in [1.54, 1.807) is 0 Å². The van der Waals surface area contributed by atoms with Crippen LogP contribution in [0.4, 0.5) is 0 Å². The van der Waals surface area contributed by atoms with Crippen molar-refractivity contribution < 1.29 is 15.0 Å². The summed E-state index contributed by atoms with van der Waals surface area (Å²) in [5.41, 5.74) is 0.757. The Balaban J connectivity index is 1.95. The predicted molar refractivity (Wildman–Crippen MR) is 92.3 cm³/mol.